The molecule has 0 aliphatic rings. The van der Waals surface area contributed by atoms with Crippen LogP contribution in [0.1, 0.15) is 11.4 Å². The van der Waals surface area contributed by atoms with Crippen molar-refractivity contribution in [2.45, 2.75) is 12.1 Å². The highest BCUT2D eigenvalue weighted by Crippen LogP contribution is 2.44. The number of fused-ring (bicyclic) bond motifs is 1. The minimum Gasteiger partial charge on any atom is -0.331 e. The Hall–Kier alpha value is -2.48. The van der Waals surface area contributed by atoms with Crippen LogP contribution >= 0.6 is 11.6 Å². The van der Waals surface area contributed by atoms with E-state index in [1.165, 1.54) is 6.07 Å². The first-order valence-electron chi connectivity index (χ1n) is 5.22. The molecule has 1 aromatic heterocycles. The minimum atomic E-state index is -5.96. The molecule has 2 aromatic rings. The monoisotopic (exact) mass is 340 g/mol. The lowest BCUT2D eigenvalue weighted by atomic mass is 10.2. The Morgan fingerprint density at radius 1 is 1.36 bits per heavy atom. The fourth-order valence-corrected chi connectivity index (χ4v) is 1.86. The molecule has 0 unspecified atom stereocenters. The number of nitrogens with zero attached hydrogens (tertiary/aromatic N) is 3. The maximum absolute atomic E-state index is 13.3. The van der Waals surface area contributed by atoms with Crippen molar-refractivity contribution in [2.75, 3.05) is 0 Å². The molecule has 0 amide bonds. The van der Waals surface area contributed by atoms with E-state index in [0.717, 1.165) is 0 Å². The Labute approximate surface area is 122 Å². The van der Waals surface area contributed by atoms with Gasteiger partial charge in [-0.2, -0.15) is 27.2 Å². The number of nitrogens with one attached hydrogen (secondary N) is 1. The molecule has 0 saturated carbocycles. The van der Waals surface area contributed by atoms with E-state index >= 15 is 0 Å². The third-order valence-corrected chi connectivity index (χ3v) is 3.04. The number of rotatable bonds is 2. The zero-order valence-electron chi connectivity index (χ0n) is 10.0. The molecule has 1 aromatic carbocycles. The first kappa shape index (κ1) is 15.9. The predicted octanol–water partition coefficient (Wildman–Crippen LogP) is 3.65. The number of hydrogen-bond acceptors (Lipinski definition) is 4. The van der Waals surface area contributed by atoms with Gasteiger partial charge in [0.05, 0.1) is 15.5 Å². The van der Waals surface area contributed by atoms with E-state index in [0.29, 0.717) is 6.07 Å². The highest BCUT2D eigenvalue weighted by molar-refractivity contribution is 6.36. The standard InChI is InChI=1S/C10H2ClF5N4O2/c11-5-3(2-17)1-4(20(21)22)6-7(5)19-8(18-6)9(12,13)10(14,15)16/h1H,(H,18,19). The molecule has 6 nitrogen and oxygen atoms in total. The van der Waals surface area contributed by atoms with Crippen LogP contribution in [-0.4, -0.2) is 21.1 Å². The quantitative estimate of drug-likeness (QED) is 0.512. The molecule has 0 atom stereocenters. The third kappa shape index (κ3) is 2.21. The number of alkyl halides is 5. The molecule has 2 rings (SSSR count). The highest BCUT2D eigenvalue weighted by Gasteiger charge is 2.61. The van der Waals surface area contributed by atoms with E-state index in [2.05, 4.69) is 4.98 Å². The van der Waals surface area contributed by atoms with Crippen LogP contribution in [0.4, 0.5) is 27.6 Å². The van der Waals surface area contributed by atoms with Crippen LogP contribution in [-0.2, 0) is 5.92 Å². The van der Waals surface area contributed by atoms with Gasteiger partial charge in [-0.05, 0) is 0 Å². The maximum Gasteiger partial charge on any atom is 0.461 e. The van der Waals surface area contributed by atoms with Crippen molar-refractivity contribution in [2.24, 2.45) is 0 Å². The second-order valence-electron chi connectivity index (χ2n) is 4.01. The van der Waals surface area contributed by atoms with Crippen LogP contribution in [0.25, 0.3) is 11.0 Å². The normalized spacial score (nSPS) is 12.4. The number of nitro groups is 1. The van der Waals surface area contributed by atoms with E-state index in [1.807, 2.05) is 0 Å². The van der Waals surface area contributed by atoms with E-state index in [-0.39, 0.29) is 0 Å². The molecule has 1 heterocycles. The van der Waals surface area contributed by atoms with Gasteiger partial charge < -0.3 is 4.98 Å². The minimum absolute atomic E-state index is 0.478. The Bertz CT molecular complexity index is 823. The maximum atomic E-state index is 13.3. The van der Waals surface area contributed by atoms with Gasteiger partial charge in [0.25, 0.3) is 5.69 Å². The lowest BCUT2D eigenvalue weighted by Crippen LogP contribution is -2.34. The smallest absolute Gasteiger partial charge is 0.331 e. The summed E-state index contributed by atoms with van der Waals surface area (Å²) in [5, 5.41) is 19.0. The lowest BCUT2D eigenvalue weighted by Gasteiger charge is -2.16. The van der Waals surface area contributed by atoms with Crippen LogP contribution in [0.2, 0.25) is 5.02 Å². The summed E-state index contributed by atoms with van der Waals surface area (Å²) in [6.45, 7) is 0. The fourth-order valence-electron chi connectivity index (χ4n) is 1.63. The highest BCUT2D eigenvalue weighted by atomic mass is 35.5. The Morgan fingerprint density at radius 2 is 1.95 bits per heavy atom. The Balaban J connectivity index is 2.85. The van der Waals surface area contributed by atoms with Crippen molar-refractivity contribution in [1.29, 1.82) is 5.26 Å². The average Bonchev–Trinajstić information content (AvgIpc) is 2.83. The summed E-state index contributed by atoms with van der Waals surface area (Å²) >= 11 is 5.64. The number of nitriles is 1. The van der Waals surface area contributed by atoms with Crippen molar-refractivity contribution in [3.8, 4) is 6.07 Å². The summed E-state index contributed by atoms with van der Waals surface area (Å²) in [5.41, 5.74) is -2.82. The number of nitro benzene ring substituents is 1. The van der Waals surface area contributed by atoms with Crippen LogP contribution in [0.5, 0.6) is 0 Å². The molecule has 0 saturated heterocycles. The van der Waals surface area contributed by atoms with Gasteiger partial charge in [0.2, 0.25) is 0 Å². The molecule has 0 aliphatic carbocycles. The van der Waals surface area contributed by atoms with Crippen molar-refractivity contribution >= 4 is 28.3 Å². The SMILES string of the molecule is N#Cc1cc([N+](=O)[O-])c2[nH]c(C(F)(F)C(F)(F)F)nc2c1Cl. The van der Waals surface area contributed by atoms with Gasteiger partial charge >= 0.3 is 12.1 Å². The number of hydrogen-bond donors (Lipinski definition) is 1. The summed E-state index contributed by atoms with van der Waals surface area (Å²) < 4.78 is 63.5. The molecule has 12 heteroatoms. The molecular weight excluding hydrogens is 339 g/mol. The number of imidazole rings is 1. The number of non-ortho nitro benzene ring substituents is 1. The lowest BCUT2D eigenvalue weighted by molar-refractivity contribution is -0.383. The van der Waals surface area contributed by atoms with Gasteiger partial charge in [0.15, 0.2) is 5.82 Å². The third-order valence-electron chi connectivity index (χ3n) is 2.66. The van der Waals surface area contributed by atoms with Crippen molar-refractivity contribution in [3.05, 3.63) is 32.6 Å². The van der Waals surface area contributed by atoms with Crippen LogP contribution in [0.15, 0.2) is 6.07 Å². The number of H-pyrrole nitrogens is 1. The van der Waals surface area contributed by atoms with Crippen LogP contribution in [0.3, 0.4) is 0 Å². The van der Waals surface area contributed by atoms with Crippen molar-refractivity contribution in [1.82, 2.24) is 9.97 Å². The largest absolute Gasteiger partial charge is 0.461 e. The molecule has 0 spiro atoms. The zero-order valence-corrected chi connectivity index (χ0v) is 10.8. The predicted molar refractivity (Wildman–Crippen MR) is 62.4 cm³/mol. The summed E-state index contributed by atoms with van der Waals surface area (Å²) in [5.74, 6) is -7.22. The number of aromatic nitrogens is 2. The van der Waals surface area contributed by atoms with Gasteiger partial charge in [-0.3, -0.25) is 10.1 Å². The summed E-state index contributed by atoms with van der Waals surface area (Å²) in [6, 6.07) is 2.11. The average molecular weight is 341 g/mol. The summed E-state index contributed by atoms with van der Waals surface area (Å²) in [7, 11) is 0. The molecule has 0 radical (unpaired) electrons. The van der Waals surface area contributed by atoms with Crippen LogP contribution in [0, 0.1) is 21.4 Å². The summed E-state index contributed by atoms with van der Waals surface area (Å²) in [6.07, 6.45) is -5.96. The number of aromatic amines is 1. The van der Waals surface area contributed by atoms with Crippen molar-refractivity contribution < 1.29 is 26.9 Å². The van der Waals surface area contributed by atoms with Gasteiger partial charge in [-0.1, -0.05) is 11.6 Å². The van der Waals surface area contributed by atoms with Gasteiger partial charge in [0.1, 0.15) is 17.1 Å². The molecule has 0 bridgehead atoms. The van der Waals surface area contributed by atoms with E-state index in [1.54, 1.807) is 4.98 Å². The first-order valence-corrected chi connectivity index (χ1v) is 5.60. The molecule has 116 valence electrons. The second-order valence-corrected chi connectivity index (χ2v) is 4.39. The van der Waals surface area contributed by atoms with Gasteiger partial charge in [-0.15, -0.1) is 0 Å². The Morgan fingerprint density at radius 3 is 2.41 bits per heavy atom. The summed E-state index contributed by atoms with van der Waals surface area (Å²) in [4.78, 5) is 14.3. The van der Waals surface area contributed by atoms with E-state index < -0.39 is 50.2 Å². The Kier molecular flexibility index (Phi) is 3.45. The first-order chi connectivity index (χ1) is 10.0. The molecular formula is C10H2ClF5N4O2. The van der Waals surface area contributed by atoms with E-state index in [4.69, 9.17) is 16.9 Å². The molecule has 0 aliphatic heterocycles. The van der Waals surface area contributed by atoms with Gasteiger partial charge in [-0.25, -0.2) is 4.98 Å². The topological polar surface area (TPSA) is 95.6 Å². The van der Waals surface area contributed by atoms with Gasteiger partial charge in [0, 0.05) is 6.07 Å². The zero-order chi connectivity index (χ0) is 16.9. The molecule has 0 fully saturated rings. The second kappa shape index (κ2) is 4.77. The fraction of sp³-hybridized carbons (Fsp3) is 0.200. The van der Waals surface area contributed by atoms with E-state index in [9.17, 15) is 32.1 Å². The number of benzene rings is 1. The van der Waals surface area contributed by atoms with Crippen molar-refractivity contribution in [3.63, 3.8) is 0 Å². The molecule has 22 heavy (non-hydrogen) atoms. The number of halogens is 6. The molecule has 1 N–H and O–H groups in total. The van der Waals surface area contributed by atoms with Crippen LogP contribution < -0.4 is 0 Å².